The number of halogens is 2. The standard InChI is InChI=1S/C13H15F2NO5/c1-19-7-6-16-11(17)8-20-12(18)9-2-4-10(5-3-9)21-13(14)15/h2-5,13H,6-8H2,1H3,(H,16,17). The lowest BCUT2D eigenvalue weighted by Crippen LogP contribution is -2.31. The van der Waals surface area contributed by atoms with Gasteiger partial charge in [-0.25, -0.2) is 4.79 Å². The van der Waals surface area contributed by atoms with Gasteiger partial charge in [0.05, 0.1) is 12.2 Å². The number of methoxy groups -OCH3 is 1. The Morgan fingerprint density at radius 3 is 2.48 bits per heavy atom. The van der Waals surface area contributed by atoms with Crippen molar-refractivity contribution in [1.29, 1.82) is 0 Å². The number of carbonyl (C=O) groups excluding carboxylic acids is 2. The first kappa shape index (κ1) is 16.8. The van der Waals surface area contributed by atoms with E-state index in [2.05, 4.69) is 10.1 Å². The summed E-state index contributed by atoms with van der Waals surface area (Å²) in [5.74, 6) is -1.27. The molecular formula is C13H15F2NO5. The van der Waals surface area contributed by atoms with Crippen LogP contribution in [0.3, 0.4) is 0 Å². The minimum absolute atomic E-state index is 0.0705. The van der Waals surface area contributed by atoms with Crippen LogP contribution in [-0.2, 0) is 14.3 Å². The number of ether oxygens (including phenoxy) is 3. The summed E-state index contributed by atoms with van der Waals surface area (Å²) in [6, 6.07) is 4.95. The van der Waals surface area contributed by atoms with Gasteiger partial charge in [0, 0.05) is 13.7 Å². The second kappa shape index (κ2) is 8.85. The minimum atomic E-state index is -2.93. The Bertz CT molecular complexity index is 464. The van der Waals surface area contributed by atoms with Crippen LogP contribution < -0.4 is 10.1 Å². The molecule has 1 aromatic carbocycles. The highest BCUT2D eigenvalue weighted by molar-refractivity contribution is 5.91. The molecule has 1 N–H and O–H groups in total. The van der Waals surface area contributed by atoms with Crippen molar-refractivity contribution in [3.05, 3.63) is 29.8 Å². The monoisotopic (exact) mass is 303 g/mol. The highest BCUT2D eigenvalue weighted by Gasteiger charge is 2.11. The number of hydrogen-bond acceptors (Lipinski definition) is 5. The van der Waals surface area contributed by atoms with E-state index in [-0.39, 0.29) is 11.3 Å². The molecule has 0 saturated carbocycles. The molecule has 0 aliphatic heterocycles. The van der Waals surface area contributed by atoms with E-state index in [0.29, 0.717) is 13.2 Å². The number of alkyl halides is 2. The third kappa shape index (κ3) is 6.66. The number of carbonyl (C=O) groups is 2. The molecule has 116 valence electrons. The van der Waals surface area contributed by atoms with Gasteiger partial charge >= 0.3 is 12.6 Å². The van der Waals surface area contributed by atoms with Gasteiger partial charge < -0.3 is 19.5 Å². The van der Waals surface area contributed by atoms with E-state index in [9.17, 15) is 18.4 Å². The number of nitrogens with one attached hydrogen (secondary N) is 1. The molecule has 1 amide bonds. The molecule has 0 fully saturated rings. The molecule has 0 atom stereocenters. The van der Waals surface area contributed by atoms with Crippen LogP contribution in [0.25, 0.3) is 0 Å². The van der Waals surface area contributed by atoms with Gasteiger partial charge in [-0.15, -0.1) is 0 Å². The zero-order chi connectivity index (χ0) is 15.7. The Kier molecular flexibility index (Phi) is 7.10. The lowest BCUT2D eigenvalue weighted by molar-refractivity contribution is -0.124. The first-order chi connectivity index (χ1) is 10.0. The number of esters is 1. The van der Waals surface area contributed by atoms with Gasteiger partial charge in [0.25, 0.3) is 5.91 Å². The fourth-order valence-electron chi connectivity index (χ4n) is 1.33. The predicted octanol–water partition coefficient (Wildman–Crippen LogP) is 1.21. The second-order valence-electron chi connectivity index (χ2n) is 3.82. The largest absolute Gasteiger partial charge is 0.452 e. The first-order valence-corrected chi connectivity index (χ1v) is 6.00. The zero-order valence-corrected chi connectivity index (χ0v) is 11.3. The van der Waals surface area contributed by atoms with Gasteiger partial charge in [-0.05, 0) is 24.3 Å². The molecule has 0 unspecified atom stereocenters. The SMILES string of the molecule is COCCNC(=O)COC(=O)c1ccc(OC(F)F)cc1. The Balaban J connectivity index is 2.39. The minimum Gasteiger partial charge on any atom is -0.452 e. The molecule has 0 saturated heterocycles. The van der Waals surface area contributed by atoms with Crippen molar-refractivity contribution >= 4 is 11.9 Å². The van der Waals surface area contributed by atoms with Gasteiger partial charge in [-0.3, -0.25) is 4.79 Å². The molecule has 1 aromatic rings. The second-order valence-corrected chi connectivity index (χ2v) is 3.82. The summed E-state index contributed by atoms with van der Waals surface area (Å²) in [5, 5.41) is 2.48. The number of hydrogen-bond donors (Lipinski definition) is 1. The van der Waals surface area contributed by atoms with Crippen molar-refractivity contribution in [1.82, 2.24) is 5.32 Å². The summed E-state index contributed by atoms with van der Waals surface area (Å²) in [7, 11) is 1.49. The van der Waals surface area contributed by atoms with E-state index >= 15 is 0 Å². The van der Waals surface area contributed by atoms with Gasteiger partial charge in [0.15, 0.2) is 6.61 Å². The van der Waals surface area contributed by atoms with Crippen LogP contribution in [0.1, 0.15) is 10.4 Å². The fourth-order valence-corrected chi connectivity index (χ4v) is 1.33. The molecular weight excluding hydrogens is 288 g/mol. The summed E-state index contributed by atoms with van der Waals surface area (Å²) in [6.45, 7) is -2.70. The Morgan fingerprint density at radius 1 is 1.24 bits per heavy atom. The average molecular weight is 303 g/mol. The molecule has 0 aliphatic carbocycles. The van der Waals surface area contributed by atoms with Gasteiger partial charge in [0.2, 0.25) is 0 Å². The van der Waals surface area contributed by atoms with Gasteiger partial charge in [0.1, 0.15) is 5.75 Å². The Labute approximate surface area is 120 Å². The zero-order valence-electron chi connectivity index (χ0n) is 11.3. The van der Waals surface area contributed by atoms with Crippen LogP contribution in [0.2, 0.25) is 0 Å². The molecule has 0 radical (unpaired) electrons. The highest BCUT2D eigenvalue weighted by atomic mass is 19.3. The third-order valence-corrected chi connectivity index (χ3v) is 2.28. The molecule has 21 heavy (non-hydrogen) atoms. The van der Waals surface area contributed by atoms with Crippen LogP contribution >= 0.6 is 0 Å². The number of amides is 1. The van der Waals surface area contributed by atoms with Gasteiger partial charge in [-0.1, -0.05) is 0 Å². The van der Waals surface area contributed by atoms with Crippen LogP contribution in [0.15, 0.2) is 24.3 Å². The van der Waals surface area contributed by atoms with E-state index in [1.165, 1.54) is 31.4 Å². The summed E-state index contributed by atoms with van der Waals surface area (Å²) < 4.78 is 37.5. The van der Waals surface area contributed by atoms with Crippen molar-refractivity contribution < 1.29 is 32.6 Å². The molecule has 0 aromatic heterocycles. The lowest BCUT2D eigenvalue weighted by Gasteiger charge is -2.07. The van der Waals surface area contributed by atoms with Crippen molar-refractivity contribution in [2.45, 2.75) is 6.61 Å². The van der Waals surface area contributed by atoms with E-state index < -0.39 is 25.1 Å². The van der Waals surface area contributed by atoms with E-state index in [0.717, 1.165) is 0 Å². The molecule has 1 rings (SSSR count). The molecule has 0 bridgehead atoms. The molecule has 0 heterocycles. The van der Waals surface area contributed by atoms with Crippen LogP contribution in [-0.4, -0.2) is 45.4 Å². The maximum absolute atomic E-state index is 11.9. The summed E-state index contributed by atoms with van der Waals surface area (Å²) in [4.78, 5) is 22.9. The molecule has 8 heteroatoms. The summed E-state index contributed by atoms with van der Waals surface area (Å²) >= 11 is 0. The number of benzene rings is 1. The van der Waals surface area contributed by atoms with E-state index in [1.54, 1.807) is 0 Å². The Morgan fingerprint density at radius 2 is 1.90 bits per heavy atom. The molecule has 0 spiro atoms. The van der Waals surface area contributed by atoms with Crippen LogP contribution in [0.5, 0.6) is 5.75 Å². The van der Waals surface area contributed by atoms with Crippen molar-refractivity contribution in [3.63, 3.8) is 0 Å². The summed E-state index contributed by atoms with van der Waals surface area (Å²) in [6.07, 6.45) is 0. The topological polar surface area (TPSA) is 73.9 Å². The smallest absolute Gasteiger partial charge is 0.387 e. The lowest BCUT2D eigenvalue weighted by atomic mass is 10.2. The normalized spacial score (nSPS) is 10.3. The maximum Gasteiger partial charge on any atom is 0.387 e. The van der Waals surface area contributed by atoms with Crippen molar-refractivity contribution in [2.75, 3.05) is 26.9 Å². The fraction of sp³-hybridized carbons (Fsp3) is 0.385. The maximum atomic E-state index is 11.9. The third-order valence-electron chi connectivity index (χ3n) is 2.28. The quantitative estimate of drug-likeness (QED) is 0.577. The molecule has 6 nitrogen and oxygen atoms in total. The van der Waals surface area contributed by atoms with E-state index in [4.69, 9.17) is 9.47 Å². The predicted molar refractivity (Wildman–Crippen MR) is 68.2 cm³/mol. The number of rotatable bonds is 8. The highest BCUT2D eigenvalue weighted by Crippen LogP contribution is 2.15. The summed E-state index contributed by atoms with van der Waals surface area (Å²) in [5.41, 5.74) is 0.126. The van der Waals surface area contributed by atoms with E-state index in [1.807, 2.05) is 0 Å². The Hall–Kier alpha value is -2.22. The van der Waals surface area contributed by atoms with Crippen LogP contribution in [0, 0.1) is 0 Å². The van der Waals surface area contributed by atoms with Crippen molar-refractivity contribution in [2.24, 2.45) is 0 Å². The average Bonchev–Trinajstić information content (AvgIpc) is 2.45. The molecule has 0 aliphatic rings. The van der Waals surface area contributed by atoms with Crippen LogP contribution in [0.4, 0.5) is 8.78 Å². The van der Waals surface area contributed by atoms with Crippen molar-refractivity contribution in [3.8, 4) is 5.75 Å². The first-order valence-electron chi connectivity index (χ1n) is 6.00. The van der Waals surface area contributed by atoms with Gasteiger partial charge in [-0.2, -0.15) is 8.78 Å².